The molecule has 2 unspecified atom stereocenters. The van der Waals surface area contributed by atoms with Crippen LogP contribution in [0, 0.1) is 0 Å². The van der Waals surface area contributed by atoms with Gasteiger partial charge in [-0.05, 0) is 56.8 Å². The summed E-state index contributed by atoms with van der Waals surface area (Å²) in [5.74, 6) is 0. The van der Waals surface area contributed by atoms with Gasteiger partial charge in [-0.15, -0.1) is 0 Å². The second-order valence-electron chi connectivity index (χ2n) is 13.8. The van der Waals surface area contributed by atoms with E-state index in [0.29, 0.717) is 0 Å². The number of nitrogens with zero attached hydrogens (tertiary/aromatic N) is 1. The average molecular weight is 634 g/mol. The van der Waals surface area contributed by atoms with E-state index in [1.54, 1.807) is 0 Å². The molecule has 2 heterocycles. The fourth-order valence-electron chi connectivity index (χ4n) is 6.58. The van der Waals surface area contributed by atoms with Crippen molar-refractivity contribution in [3.63, 3.8) is 0 Å². The standard InChI is InChI=1S/C38H37NP2S2/c1-37(2,3)26-20-22-30-34(24-26)40(42,28-14-9-7-10-15-28)32-18-13-19-33-36(32)39(30)31-23-21-27(38(4,5)6)25-35(31)41(33,43)29-16-11-8-12-17-29/h7-25H,1-6H3. The number of hydrogen-bond acceptors (Lipinski definition) is 3. The molecule has 2 aliphatic heterocycles. The number of anilines is 3. The molecule has 0 amide bonds. The van der Waals surface area contributed by atoms with Crippen molar-refractivity contribution in [2.75, 3.05) is 4.90 Å². The predicted molar refractivity (Wildman–Crippen MR) is 198 cm³/mol. The minimum absolute atomic E-state index is 0.00400. The van der Waals surface area contributed by atoms with Crippen LogP contribution in [0.5, 0.6) is 0 Å². The lowest BCUT2D eigenvalue weighted by atomic mass is 9.86. The Balaban J connectivity index is 1.65. The van der Waals surface area contributed by atoms with Crippen molar-refractivity contribution < 1.29 is 0 Å². The van der Waals surface area contributed by atoms with Gasteiger partial charge in [0.25, 0.3) is 0 Å². The van der Waals surface area contributed by atoms with E-state index >= 15 is 0 Å². The highest BCUT2D eigenvalue weighted by Crippen LogP contribution is 2.61. The number of fused-ring (bicyclic) bond motifs is 4. The molecular weight excluding hydrogens is 597 g/mol. The number of benzene rings is 5. The molecule has 0 saturated heterocycles. The van der Waals surface area contributed by atoms with E-state index < -0.39 is 12.1 Å². The van der Waals surface area contributed by atoms with E-state index in [-0.39, 0.29) is 10.8 Å². The zero-order valence-electron chi connectivity index (χ0n) is 25.6. The van der Waals surface area contributed by atoms with E-state index in [9.17, 15) is 0 Å². The van der Waals surface area contributed by atoms with Crippen LogP contribution < -0.4 is 36.7 Å². The first-order valence-corrected chi connectivity index (χ1v) is 20.5. The smallest absolute Gasteiger partial charge is 0.0643 e. The van der Waals surface area contributed by atoms with Gasteiger partial charge in [0.15, 0.2) is 0 Å². The minimum Gasteiger partial charge on any atom is -0.308 e. The zero-order chi connectivity index (χ0) is 30.4. The number of rotatable bonds is 2. The van der Waals surface area contributed by atoms with Gasteiger partial charge in [-0.3, -0.25) is 0 Å². The molecule has 0 bridgehead atoms. The molecule has 5 heteroatoms. The third kappa shape index (κ3) is 4.23. The highest BCUT2D eigenvalue weighted by atomic mass is 32.4. The first-order valence-electron chi connectivity index (χ1n) is 14.9. The molecule has 0 radical (unpaired) electrons. The summed E-state index contributed by atoms with van der Waals surface area (Å²) in [6.45, 7) is 13.7. The summed E-state index contributed by atoms with van der Waals surface area (Å²) < 4.78 is 0. The Morgan fingerprint density at radius 3 is 1.23 bits per heavy atom. The van der Waals surface area contributed by atoms with E-state index in [2.05, 4.69) is 162 Å². The van der Waals surface area contributed by atoms with Gasteiger partial charge in [-0.2, -0.15) is 0 Å². The topological polar surface area (TPSA) is 3.24 Å². The second kappa shape index (κ2) is 9.85. The highest BCUT2D eigenvalue weighted by Gasteiger charge is 2.46. The van der Waals surface area contributed by atoms with Crippen molar-refractivity contribution >= 4 is 84.6 Å². The van der Waals surface area contributed by atoms with Crippen LogP contribution in [0.3, 0.4) is 0 Å². The fraction of sp³-hybridized carbons (Fsp3) is 0.211. The third-order valence-electron chi connectivity index (χ3n) is 8.98. The van der Waals surface area contributed by atoms with E-state index in [4.69, 9.17) is 23.6 Å². The van der Waals surface area contributed by atoms with Gasteiger partial charge in [0.2, 0.25) is 0 Å². The van der Waals surface area contributed by atoms with Gasteiger partial charge < -0.3 is 4.90 Å². The quantitative estimate of drug-likeness (QED) is 0.178. The lowest BCUT2D eigenvalue weighted by molar-refractivity contribution is 0.590. The molecule has 216 valence electrons. The van der Waals surface area contributed by atoms with Gasteiger partial charge >= 0.3 is 0 Å². The van der Waals surface area contributed by atoms with Crippen molar-refractivity contribution in [1.82, 2.24) is 0 Å². The Hall–Kier alpha value is -2.80. The molecule has 1 nitrogen and oxygen atoms in total. The van der Waals surface area contributed by atoms with Crippen LogP contribution in [-0.4, -0.2) is 0 Å². The summed E-state index contributed by atoms with van der Waals surface area (Å²) in [4.78, 5) is 2.51. The summed E-state index contributed by atoms with van der Waals surface area (Å²) >= 11 is 14.0. The number of para-hydroxylation sites is 1. The van der Waals surface area contributed by atoms with Crippen molar-refractivity contribution in [2.24, 2.45) is 0 Å². The van der Waals surface area contributed by atoms with Crippen molar-refractivity contribution in [3.8, 4) is 0 Å². The Kier molecular flexibility index (Phi) is 6.63. The van der Waals surface area contributed by atoms with Gasteiger partial charge in [0.05, 0.1) is 17.1 Å². The maximum absolute atomic E-state index is 7.02. The molecule has 2 atom stereocenters. The maximum Gasteiger partial charge on any atom is 0.0643 e. The molecule has 43 heavy (non-hydrogen) atoms. The molecule has 7 rings (SSSR count). The molecule has 5 aromatic rings. The molecule has 0 fully saturated rings. The Morgan fingerprint density at radius 1 is 0.465 bits per heavy atom. The average Bonchev–Trinajstić information content (AvgIpc) is 3.00. The van der Waals surface area contributed by atoms with Crippen LogP contribution in [0.2, 0.25) is 0 Å². The van der Waals surface area contributed by atoms with Crippen molar-refractivity contribution in [2.45, 2.75) is 52.4 Å². The summed E-state index contributed by atoms with van der Waals surface area (Å²) in [6, 6.07) is 37.8. The van der Waals surface area contributed by atoms with Crippen molar-refractivity contribution in [3.05, 3.63) is 126 Å². The minimum atomic E-state index is -2.42. The SMILES string of the molecule is CC(C)(C)c1ccc2c(c1)P(=S)(c1ccccc1)c1cccc3c1N2c1ccc(C(C)(C)C)cc1P3(=S)c1ccccc1. The van der Waals surface area contributed by atoms with Crippen LogP contribution in [0.15, 0.2) is 115 Å². The Labute approximate surface area is 267 Å². The molecule has 0 saturated carbocycles. The Morgan fingerprint density at radius 2 is 0.860 bits per heavy atom. The summed E-state index contributed by atoms with van der Waals surface area (Å²) in [5, 5.41) is 7.50. The van der Waals surface area contributed by atoms with Crippen molar-refractivity contribution in [1.29, 1.82) is 0 Å². The summed E-state index contributed by atoms with van der Waals surface area (Å²) in [7, 11) is 0. The van der Waals surface area contributed by atoms with Gasteiger partial charge in [0, 0.05) is 33.3 Å². The monoisotopic (exact) mass is 633 g/mol. The van der Waals surface area contributed by atoms with Gasteiger partial charge in [0.1, 0.15) is 0 Å². The maximum atomic E-state index is 7.02. The van der Waals surface area contributed by atoms with E-state index in [0.717, 1.165) is 0 Å². The zero-order valence-corrected chi connectivity index (χ0v) is 29.0. The highest BCUT2D eigenvalue weighted by molar-refractivity contribution is 8.27. The molecule has 5 aromatic carbocycles. The lowest BCUT2D eigenvalue weighted by Crippen LogP contribution is -2.46. The first kappa shape index (κ1) is 28.9. The lowest BCUT2D eigenvalue weighted by Gasteiger charge is -2.47. The Bertz CT molecular complexity index is 1860. The van der Waals surface area contributed by atoms with E-state index in [1.165, 1.54) is 60.0 Å². The molecular formula is C38H37NP2S2. The molecule has 0 N–H and O–H groups in total. The van der Waals surface area contributed by atoms with Crippen LogP contribution in [0.25, 0.3) is 0 Å². The van der Waals surface area contributed by atoms with Crippen LogP contribution in [-0.2, 0) is 34.4 Å². The first-order chi connectivity index (χ1) is 20.4. The second-order valence-corrected chi connectivity index (χ2v) is 22.5. The summed E-state index contributed by atoms with van der Waals surface area (Å²) in [6.07, 6.45) is 0. The summed E-state index contributed by atoms with van der Waals surface area (Å²) in [5.41, 5.74) is 6.23. The van der Waals surface area contributed by atoms with E-state index in [1.807, 2.05) is 0 Å². The molecule has 2 aliphatic rings. The molecule has 0 aliphatic carbocycles. The number of hydrogen-bond donors (Lipinski definition) is 0. The largest absolute Gasteiger partial charge is 0.308 e. The van der Waals surface area contributed by atoms with Gasteiger partial charge in [-0.25, -0.2) is 0 Å². The normalized spacial score (nSPS) is 20.7. The molecule has 0 aromatic heterocycles. The fourth-order valence-corrected chi connectivity index (χ4v) is 15.2. The molecule has 0 spiro atoms. The van der Waals surface area contributed by atoms with Crippen LogP contribution in [0.1, 0.15) is 52.7 Å². The van der Waals surface area contributed by atoms with Crippen LogP contribution >= 0.6 is 12.1 Å². The third-order valence-corrected chi connectivity index (χ3v) is 18.8. The predicted octanol–water partition coefficient (Wildman–Crippen LogP) is 7.89. The van der Waals surface area contributed by atoms with Crippen LogP contribution in [0.4, 0.5) is 17.1 Å². The van der Waals surface area contributed by atoms with Gasteiger partial charge in [-0.1, -0.05) is 156 Å².